The van der Waals surface area contributed by atoms with Crippen molar-refractivity contribution in [2.75, 3.05) is 18.1 Å². The van der Waals surface area contributed by atoms with Gasteiger partial charge in [-0.1, -0.05) is 18.2 Å². The Labute approximate surface area is 129 Å². The highest BCUT2D eigenvalue weighted by Gasteiger charge is 2.34. The molecule has 1 heterocycles. The van der Waals surface area contributed by atoms with Crippen molar-refractivity contribution in [2.24, 2.45) is 0 Å². The number of nitrogens with zero attached hydrogens (tertiary/aromatic N) is 2. The van der Waals surface area contributed by atoms with Crippen LogP contribution in [-0.4, -0.2) is 48.2 Å². The van der Waals surface area contributed by atoms with E-state index in [1.54, 1.807) is 25.1 Å². The largest absolute Gasteiger partial charge is 0.339 e. The highest BCUT2D eigenvalue weighted by molar-refractivity contribution is 7.91. The van der Waals surface area contributed by atoms with E-state index in [4.69, 9.17) is 0 Å². The molecule has 22 heavy (non-hydrogen) atoms. The Balaban J connectivity index is 2.15. The summed E-state index contributed by atoms with van der Waals surface area (Å²) in [5.41, 5.74) is 0.253. The van der Waals surface area contributed by atoms with Crippen LogP contribution in [-0.2, 0) is 21.1 Å². The van der Waals surface area contributed by atoms with Gasteiger partial charge in [0, 0.05) is 24.2 Å². The molecule has 1 aromatic carbocycles. The van der Waals surface area contributed by atoms with Crippen molar-refractivity contribution in [3.05, 3.63) is 39.9 Å². The van der Waals surface area contributed by atoms with Gasteiger partial charge >= 0.3 is 0 Å². The van der Waals surface area contributed by atoms with Gasteiger partial charge in [-0.2, -0.15) is 0 Å². The topological polar surface area (TPSA) is 97.6 Å². The van der Waals surface area contributed by atoms with Crippen molar-refractivity contribution in [1.82, 2.24) is 4.90 Å². The number of benzene rings is 1. The van der Waals surface area contributed by atoms with Crippen molar-refractivity contribution in [1.29, 1.82) is 0 Å². The van der Waals surface area contributed by atoms with Crippen molar-refractivity contribution in [2.45, 2.75) is 25.8 Å². The number of hydrogen-bond donors (Lipinski definition) is 0. The number of nitro benzene ring substituents is 1. The zero-order chi connectivity index (χ0) is 16.3. The fourth-order valence-electron chi connectivity index (χ4n) is 2.76. The normalized spacial score (nSPS) is 19.8. The molecule has 0 radical (unpaired) electrons. The second kappa shape index (κ2) is 6.43. The number of rotatable bonds is 5. The van der Waals surface area contributed by atoms with Gasteiger partial charge in [-0.3, -0.25) is 14.9 Å². The zero-order valence-corrected chi connectivity index (χ0v) is 13.1. The van der Waals surface area contributed by atoms with Gasteiger partial charge in [-0.15, -0.1) is 0 Å². The summed E-state index contributed by atoms with van der Waals surface area (Å²) in [6, 6.07) is 5.78. The molecule has 0 spiro atoms. The SMILES string of the molecule is CCN(C(=O)Cc1ccccc1[N+](=O)[O-])[C@H]1CCS(=O)(=O)C1. The molecule has 1 aliphatic rings. The molecule has 0 bridgehead atoms. The molecule has 1 amide bonds. The maximum atomic E-state index is 12.4. The van der Waals surface area contributed by atoms with Crippen molar-refractivity contribution >= 4 is 21.4 Å². The number of amides is 1. The summed E-state index contributed by atoms with van der Waals surface area (Å²) in [6.07, 6.45) is 0.334. The van der Waals surface area contributed by atoms with E-state index in [9.17, 15) is 23.3 Å². The fraction of sp³-hybridized carbons (Fsp3) is 0.500. The van der Waals surface area contributed by atoms with Crippen LogP contribution in [0.5, 0.6) is 0 Å². The van der Waals surface area contributed by atoms with Gasteiger partial charge in [-0.05, 0) is 13.3 Å². The van der Waals surface area contributed by atoms with E-state index in [-0.39, 0.29) is 35.6 Å². The molecule has 8 heteroatoms. The van der Waals surface area contributed by atoms with Crippen molar-refractivity contribution in [3.63, 3.8) is 0 Å². The summed E-state index contributed by atoms with van der Waals surface area (Å²) in [7, 11) is -3.08. The van der Waals surface area contributed by atoms with E-state index in [0.29, 0.717) is 18.5 Å². The lowest BCUT2D eigenvalue weighted by Crippen LogP contribution is -2.41. The Morgan fingerprint density at radius 2 is 2.09 bits per heavy atom. The fourth-order valence-corrected chi connectivity index (χ4v) is 4.49. The minimum absolute atomic E-state index is 0.0243. The van der Waals surface area contributed by atoms with E-state index >= 15 is 0 Å². The quantitative estimate of drug-likeness (QED) is 0.597. The summed E-state index contributed by atoms with van der Waals surface area (Å²) in [6.45, 7) is 2.17. The molecule has 0 aliphatic carbocycles. The van der Waals surface area contributed by atoms with Crippen LogP contribution in [0.4, 0.5) is 5.69 Å². The standard InChI is InChI=1S/C14H18N2O5S/c1-2-15(12-7-8-22(20,21)10-12)14(17)9-11-5-3-4-6-13(11)16(18)19/h3-6,12H,2,7-10H2,1H3/t12-/m0/s1. The summed E-state index contributed by atoms with van der Waals surface area (Å²) in [4.78, 5) is 24.4. The lowest BCUT2D eigenvalue weighted by molar-refractivity contribution is -0.385. The summed E-state index contributed by atoms with van der Waals surface area (Å²) in [5.74, 6) is -0.213. The van der Waals surface area contributed by atoms with Crippen LogP contribution in [0.15, 0.2) is 24.3 Å². The molecule has 1 fully saturated rings. The highest BCUT2D eigenvalue weighted by atomic mass is 32.2. The zero-order valence-electron chi connectivity index (χ0n) is 12.3. The second-order valence-electron chi connectivity index (χ2n) is 5.30. The number of hydrogen-bond acceptors (Lipinski definition) is 5. The number of carbonyl (C=O) groups excluding carboxylic acids is 1. The first-order valence-corrected chi connectivity index (χ1v) is 8.88. The van der Waals surface area contributed by atoms with Gasteiger partial charge in [0.15, 0.2) is 9.84 Å². The Morgan fingerprint density at radius 3 is 2.64 bits per heavy atom. The highest BCUT2D eigenvalue weighted by Crippen LogP contribution is 2.22. The summed E-state index contributed by atoms with van der Waals surface area (Å²) in [5, 5.41) is 11.0. The molecule has 0 aromatic heterocycles. The molecule has 1 saturated heterocycles. The molecule has 120 valence electrons. The van der Waals surface area contributed by atoms with Gasteiger partial charge in [0.05, 0.1) is 22.8 Å². The third-order valence-corrected chi connectivity index (χ3v) is 5.59. The van der Waals surface area contributed by atoms with Gasteiger partial charge in [0.1, 0.15) is 0 Å². The van der Waals surface area contributed by atoms with Crippen LogP contribution in [0.3, 0.4) is 0 Å². The molecule has 0 unspecified atom stereocenters. The number of likely N-dealkylation sites (N-methyl/N-ethyl adjacent to an activating group) is 1. The van der Waals surface area contributed by atoms with Crippen LogP contribution in [0.1, 0.15) is 18.9 Å². The molecule has 0 N–H and O–H groups in total. The first kappa shape index (κ1) is 16.4. The number of carbonyl (C=O) groups is 1. The summed E-state index contributed by atoms with van der Waals surface area (Å²) < 4.78 is 23.1. The number of para-hydroxylation sites is 1. The maximum absolute atomic E-state index is 12.4. The molecule has 7 nitrogen and oxygen atoms in total. The van der Waals surface area contributed by atoms with Crippen LogP contribution in [0.2, 0.25) is 0 Å². The second-order valence-corrected chi connectivity index (χ2v) is 7.53. The minimum Gasteiger partial charge on any atom is -0.339 e. The van der Waals surface area contributed by atoms with E-state index in [2.05, 4.69) is 0 Å². The van der Waals surface area contributed by atoms with E-state index in [0.717, 1.165) is 0 Å². The van der Waals surface area contributed by atoms with Gasteiger partial charge in [0.25, 0.3) is 5.69 Å². The third kappa shape index (κ3) is 3.62. The Hall–Kier alpha value is -1.96. The molecular formula is C14H18N2O5S. The van der Waals surface area contributed by atoms with E-state index in [1.807, 2.05) is 0 Å². The smallest absolute Gasteiger partial charge is 0.273 e. The van der Waals surface area contributed by atoms with Gasteiger partial charge in [-0.25, -0.2) is 8.42 Å². The first-order chi connectivity index (χ1) is 10.3. The van der Waals surface area contributed by atoms with Crippen LogP contribution >= 0.6 is 0 Å². The summed E-state index contributed by atoms with van der Waals surface area (Å²) >= 11 is 0. The average Bonchev–Trinajstić information content (AvgIpc) is 2.80. The van der Waals surface area contributed by atoms with Crippen LogP contribution in [0.25, 0.3) is 0 Å². The molecule has 0 saturated carbocycles. The van der Waals surface area contributed by atoms with Crippen molar-refractivity contribution < 1.29 is 18.1 Å². The minimum atomic E-state index is -3.08. The molecular weight excluding hydrogens is 308 g/mol. The van der Waals surface area contributed by atoms with Crippen molar-refractivity contribution in [3.8, 4) is 0 Å². The monoisotopic (exact) mass is 326 g/mol. The predicted octanol–water partition coefficient (Wildman–Crippen LogP) is 1.17. The predicted molar refractivity (Wildman–Crippen MR) is 81.2 cm³/mol. The third-order valence-electron chi connectivity index (χ3n) is 3.84. The molecule has 2 rings (SSSR count). The molecule has 1 aliphatic heterocycles. The number of nitro groups is 1. The Morgan fingerprint density at radius 1 is 1.41 bits per heavy atom. The lowest BCUT2D eigenvalue weighted by Gasteiger charge is -2.26. The van der Waals surface area contributed by atoms with Crippen LogP contribution in [0, 0.1) is 10.1 Å². The van der Waals surface area contributed by atoms with E-state index < -0.39 is 14.8 Å². The van der Waals surface area contributed by atoms with Gasteiger partial charge < -0.3 is 4.90 Å². The maximum Gasteiger partial charge on any atom is 0.273 e. The van der Waals surface area contributed by atoms with E-state index in [1.165, 1.54) is 11.0 Å². The average molecular weight is 326 g/mol. The Bertz CT molecular complexity index is 686. The van der Waals surface area contributed by atoms with Crippen LogP contribution < -0.4 is 0 Å². The molecule has 1 aromatic rings. The molecule has 1 atom stereocenters. The Kier molecular flexibility index (Phi) is 4.80. The lowest BCUT2D eigenvalue weighted by atomic mass is 10.1. The number of sulfone groups is 1. The first-order valence-electron chi connectivity index (χ1n) is 7.06. The van der Waals surface area contributed by atoms with Gasteiger partial charge in [0.2, 0.25) is 5.91 Å².